The summed E-state index contributed by atoms with van der Waals surface area (Å²) in [6.45, 7) is 1.85. The number of carbonyl (C=O) groups is 1. The Morgan fingerprint density at radius 2 is 1.79 bits per heavy atom. The van der Waals surface area contributed by atoms with Crippen LogP contribution >= 0.6 is 11.8 Å². The fourth-order valence-corrected chi connectivity index (χ4v) is 4.80. The second-order valence-electron chi connectivity index (χ2n) is 7.38. The number of thioether (sulfide) groups is 1. The van der Waals surface area contributed by atoms with Gasteiger partial charge in [-0.3, -0.25) is 4.79 Å². The zero-order valence-electron chi connectivity index (χ0n) is 17.8. The minimum absolute atomic E-state index is 0.0568. The molecule has 0 bridgehead atoms. The van der Waals surface area contributed by atoms with Gasteiger partial charge >= 0.3 is 0 Å². The number of hydrogen-bond donors (Lipinski definition) is 1. The van der Waals surface area contributed by atoms with E-state index >= 15 is 0 Å². The van der Waals surface area contributed by atoms with Crippen LogP contribution in [-0.2, 0) is 14.8 Å². The third kappa shape index (κ3) is 5.89. The van der Waals surface area contributed by atoms with E-state index in [2.05, 4.69) is 20.4 Å². The molecule has 0 radical (unpaired) electrons. The number of para-hydroxylation sites is 2. The maximum Gasteiger partial charge on any atom is 0.277 e. The van der Waals surface area contributed by atoms with E-state index in [1.54, 1.807) is 6.07 Å². The maximum absolute atomic E-state index is 13.1. The normalized spacial score (nSPS) is 14.9. The first-order chi connectivity index (χ1) is 15.8. The second kappa shape index (κ2) is 9.89. The van der Waals surface area contributed by atoms with Crippen molar-refractivity contribution < 1.29 is 22.0 Å². The van der Waals surface area contributed by atoms with Gasteiger partial charge in [0.25, 0.3) is 5.22 Å². The van der Waals surface area contributed by atoms with Gasteiger partial charge in [0, 0.05) is 31.7 Å². The van der Waals surface area contributed by atoms with Crippen LogP contribution in [0.4, 0.5) is 15.8 Å². The highest BCUT2D eigenvalue weighted by Crippen LogP contribution is 2.28. The van der Waals surface area contributed by atoms with Crippen LogP contribution in [0.25, 0.3) is 11.5 Å². The molecule has 4 rings (SSSR count). The molecular weight excluding hydrogens is 469 g/mol. The zero-order valence-corrected chi connectivity index (χ0v) is 19.4. The Labute approximate surface area is 195 Å². The highest BCUT2D eigenvalue weighted by molar-refractivity contribution is 7.99. The summed E-state index contributed by atoms with van der Waals surface area (Å²) < 4.78 is 43.5. The molecule has 33 heavy (non-hydrogen) atoms. The summed E-state index contributed by atoms with van der Waals surface area (Å²) in [7, 11) is -3.21. The van der Waals surface area contributed by atoms with E-state index in [9.17, 15) is 17.6 Å². The molecule has 9 nitrogen and oxygen atoms in total. The van der Waals surface area contributed by atoms with E-state index in [4.69, 9.17) is 4.42 Å². The molecule has 1 aliphatic rings. The monoisotopic (exact) mass is 491 g/mol. The van der Waals surface area contributed by atoms with Gasteiger partial charge in [-0.25, -0.2) is 12.8 Å². The molecule has 0 atom stereocenters. The number of hydrogen-bond acceptors (Lipinski definition) is 8. The Balaban J connectivity index is 1.35. The summed E-state index contributed by atoms with van der Waals surface area (Å²) in [5, 5.41) is 11.0. The molecular formula is C21H22FN5O4S2. The van der Waals surface area contributed by atoms with Crippen LogP contribution in [-0.4, -0.2) is 67.0 Å². The number of aromatic nitrogens is 2. The van der Waals surface area contributed by atoms with E-state index in [1.165, 1.54) is 34.8 Å². The predicted molar refractivity (Wildman–Crippen MR) is 124 cm³/mol. The topological polar surface area (TPSA) is 109 Å². The molecule has 1 aliphatic heterocycles. The highest BCUT2D eigenvalue weighted by Gasteiger charge is 2.25. The molecule has 0 unspecified atom stereocenters. The summed E-state index contributed by atoms with van der Waals surface area (Å²) in [6.07, 6.45) is 1.21. The molecule has 0 aliphatic carbocycles. The summed E-state index contributed by atoms with van der Waals surface area (Å²) >= 11 is 1.10. The quantitative estimate of drug-likeness (QED) is 0.503. The van der Waals surface area contributed by atoms with Crippen molar-refractivity contribution in [3.8, 4) is 11.5 Å². The van der Waals surface area contributed by atoms with Crippen molar-refractivity contribution in [1.29, 1.82) is 0 Å². The van der Waals surface area contributed by atoms with Gasteiger partial charge in [0.05, 0.1) is 23.4 Å². The van der Waals surface area contributed by atoms with E-state index in [-0.39, 0.29) is 28.6 Å². The minimum Gasteiger partial charge on any atom is -0.411 e. The average molecular weight is 492 g/mol. The van der Waals surface area contributed by atoms with Crippen molar-refractivity contribution in [2.75, 3.05) is 48.4 Å². The maximum atomic E-state index is 13.1. The highest BCUT2D eigenvalue weighted by atomic mass is 32.2. The molecule has 0 saturated carbocycles. The molecule has 174 valence electrons. The van der Waals surface area contributed by atoms with E-state index in [0.717, 1.165) is 17.4 Å². The first kappa shape index (κ1) is 23.2. The third-order valence-electron chi connectivity index (χ3n) is 5.05. The number of anilines is 2. The zero-order chi connectivity index (χ0) is 23.4. The molecule has 1 aromatic heterocycles. The first-order valence-corrected chi connectivity index (χ1v) is 12.9. The summed E-state index contributed by atoms with van der Waals surface area (Å²) in [4.78, 5) is 14.6. The Morgan fingerprint density at radius 1 is 1.09 bits per heavy atom. The van der Waals surface area contributed by atoms with Gasteiger partial charge in [0.15, 0.2) is 0 Å². The number of nitrogens with zero attached hydrogens (tertiary/aromatic N) is 4. The van der Waals surface area contributed by atoms with Gasteiger partial charge in [-0.05, 0) is 36.4 Å². The Kier molecular flexibility index (Phi) is 6.96. The lowest BCUT2D eigenvalue weighted by atomic mass is 10.2. The third-order valence-corrected chi connectivity index (χ3v) is 7.17. The molecule has 1 amide bonds. The SMILES string of the molecule is CS(=O)(=O)N1CCN(c2ccccc2NC(=O)CSc2nnc(-c3ccc(F)cc3)o2)CC1. The molecule has 0 spiro atoms. The summed E-state index contributed by atoms with van der Waals surface area (Å²) in [5.74, 6) is -0.302. The lowest BCUT2D eigenvalue weighted by Crippen LogP contribution is -2.48. The Bertz CT molecular complexity index is 1230. The molecule has 2 aromatic carbocycles. The standard InChI is InChI=1S/C21H22FN5O4S2/c1-33(29,30)27-12-10-26(11-13-27)18-5-3-2-4-17(18)23-19(28)14-32-21-25-24-20(31-21)15-6-8-16(22)9-7-15/h2-9H,10-14H2,1H3,(H,23,28). The molecule has 1 fully saturated rings. The van der Waals surface area contributed by atoms with Crippen molar-refractivity contribution in [3.05, 3.63) is 54.3 Å². The molecule has 3 aromatic rings. The number of piperazine rings is 1. The van der Waals surface area contributed by atoms with Crippen molar-refractivity contribution in [2.45, 2.75) is 5.22 Å². The summed E-state index contributed by atoms with van der Waals surface area (Å²) in [6, 6.07) is 13.1. The van der Waals surface area contributed by atoms with Crippen LogP contribution in [0, 0.1) is 5.82 Å². The van der Waals surface area contributed by atoms with Crippen molar-refractivity contribution in [1.82, 2.24) is 14.5 Å². The number of rotatable bonds is 7. The van der Waals surface area contributed by atoms with Crippen LogP contribution in [0.15, 0.2) is 58.2 Å². The van der Waals surface area contributed by atoms with E-state index < -0.39 is 10.0 Å². The number of nitrogens with one attached hydrogen (secondary N) is 1. The molecule has 2 heterocycles. The van der Waals surface area contributed by atoms with Crippen LogP contribution in [0.1, 0.15) is 0 Å². The molecule has 12 heteroatoms. The number of benzene rings is 2. The van der Waals surface area contributed by atoms with E-state index in [0.29, 0.717) is 37.4 Å². The second-order valence-corrected chi connectivity index (χ2v) is 10.3. The Hall–Kier alpha value is -2.96. The smallest absolute Gasteiger partial charge is 0.277 e. The summed E-state index contributed by atoms with van der Waals surface area (Å²) in [5.41, 5.74) is 2.07. The average Bonchev–Trinajstić information content (AvgIpc) is 3.27. The Morgan fingerprint density at radius 3 is 2.48 bits per heavy atom. The number of carbonyl (C=O) groups excluding carboxylic acids is 1. The lowest BCUT2D eigenvalue weighted by molar-refractivity contribution is -0.113. The van der Waals surface area contributed by atoms with Gasteiger partial charge in [-0.1, -0.05) is 23.9 Å². The van der Waals surface area contributed by atoms with Gasteiger partial charge < -0.3 is 14.6 Å². The van der Waals surface area contributed by atoms with Crippen molar-refractivity contribution >= 4 is 39.1 Å². The van der Waals surface area contributed by atoms with E-state index in [1.807, 2.05) is 18.2 Å². The fraction of sp³-hybridized carbons (Fsp3) is 0.286. The van der Waals surface area contributed by atoms with Crippen LogP contribution < -0.4 is 10.2 Å². The van der Waals surface area contributed by atoms with Gasteiger partial charge in [0.2, 0.25) is 21.8 Å². The van der Waals surface area contributed by atoms with Crippen LogP contribution in [0.5, 0.6) is 0 Å². The number of sulfonamides is 1. The fourth-order valence-electron chi connectivity index (χ4n) is 3.41. The van der Waals surface area contributed by atoms with Crippen LogP contribution in [0.2, 0.25) is 0 Å². The van der Waals surface area contributed by atoms with Crippen molar-refractivity contribution in [3.63, 3.8) is 0 Å². The van der Waals surface area contributed by atoms with Gasteiger partial charge in [-0.2, -0.15) is 4.31 Å². The van der Waals surface area contributed by atoms with Crippen LogP contribution in [0.3, 0.4) is 0 Å². The largest absolute Gasteiger partial charge is 0.411 e. The van der Waals surface area contributed by atoms with Crippen molar-refractivity contribution in [2.24, 2.45) is 0 Å². The molecule has 1 saturated heterocycles. The molecule has 1 N–H and O–H groups in total. The predicted octanol–water partition coefficient (Wildman–Crippen LogP) is 2.69. The van der Waals surface area contributed by atoms with Gasteiger partial charge in [-0.15, -0.1) is 10.2 Å². The minimum atomic E-state index is -3.21. The lowest BCUT2D eigenvalue weighted by Gasteiger charge is -2.35. The van der Waals surface area contributed by atoms with Gasteiger partial charge in [0.1, 0.15) is 5.82 Å². The first-order valence-electron chi connectivity index (χ1n) is 10.1. The number of amides is 1. The number of halogens is 1.